The van der Waals surface area contributed by atoms with Crippen LogP contribution in [0.4, 0.5) is 0 Å². The Bertz CT molecular complexity index is 970. The molecule has 1 heterocycles. The fraction of sp³-hybridized carbons (Fsp3) is 0.357. The van der Waals surface area contributed by atoms with E-state index in [0.717, 1.165) is 9.79 Å². The van der Waals surface area contributed by atoms with Crippen molar-refractivity contribution >= 4 is 42.6 Å². The first-order valence-corrected chi connectivity index (χ1v) is 13.6. The lowest BCUT2D eigenvalue weighted by Crippen LogP contribution is -2.25. The third-order valence-electron chi connectivity index (χ3n) is 5.02. The number of hydrogen-bond donors (Lipinski definition) is 2. The first kappa shape index (κ1) is 29.3. The average Bonchev–Trinajstić information content (AvgIpc) is 2.83. The summed E-state index contributed by atoms with van der Waals surface area (Å²) in [5, 5.41) is 2.69. The lowest BCUT2D eigenvalue weighted by Gasteiger charge is -2.19. The summed E-state index contributed by atoms with van der Waals surface area (Å²) >= 11 is 6.79. The molecule has 0 radical (unpaired) electrons. The van der Waals surface area contributed by atoms with Crippen molar-refractivity contribution in [3.8, 4) is 0 Å². The van der Waals surface area contributed by atoms with Gasteiger partial charge in [0.25, 0.3) is 5.91 Å². The van der Waals surface area contributed by atoms with Crippen molar-refractivity contribution in [2.75, 3.05) is 12.3 Å². The number of thiol groups is 1. The second kappa shape index (κ2) is 14.0. The Kier molecular flexibility index (Phi) is 11.7. The number of carbonyl (C=O) groups is 1. The van der Waals surface area contributed by atoms with Gasteiger partial charge in [0.2, 0.25) is 0 Å². The molecule has 0 saturated carbocycles. The molecule has 0 aliphatic rings. The third-order valence-corrected chi connectivity index (χ3v) is 6.72. The SMILES string of the molecule is CC(C)(C)c1ccc(SOSc2ccc(C(C)(C)C)cc2)cc1.O=C(NCCS)c1cccnc1. The Balaban J connectivity index is 0.000000303. The van der Waals surface area contributed by atoms with Crippen LogP contribution in [0, 0.1) is 0 Å². The van der Waals surface area contributed by atoms with Crippen LogP contribution >= 0.6 is 36.7 Å². The van der Waals surface area contributed by atoms with Crippen molar-refractivity contribution in [3.05, 3.63) is 89.7 Å². The fourth-order valence-corrected chi connectivity index (χ4v) is 4.26. The maximum absolute atomic E-state index is 11.2. The molecule has 2 aromatic carbocycles. The van der Waals surface area contributed by atoms with Crippen LogP contribution in [-0.4, -0.2) is 23.2 Å². The van der Waals surface area contributed by atoms with Crippen LogP contribution in [0.5, 0.6) is 0 Å². The van der Waals surface area contributed by atoms with Gasteiger partial charge in [-0.3, -0.25) is 9.78 Å². The normalized spacial score (nSPS) is 11.4. The van der Waals surface area contributed by atoms with Gasteiger partial charge in [0, 0.05) is 58.6 Å². The van der Waals surface area contributed by atoms with Gasteiger partial charge in [0.1, 0.15) is 0 Å². The molecule has 35 heavy (non-hydrogen) atoms. The van der Waals surface area contributed by atoms with Crippen LogP contribution in [0.15, 0.2) is 82.8 Å². The van der Waals surface area contributed by atoms with Crippen molar-refractivity contribution in [1.82, 2.24) is 10.3 Å². The van der Waals surface area contributed by atoms with Crippen LogP contribution < -0.4 is 5.32 Å². The van der Waals surface area contributed by atoms with Gasteiger partial charge < -0.3 is 5.32 Å². The molecule has 0 aliphatic carbocycles. The molecule has 3 aromatic rings. The van der Waals surface area contributed by atoms with E-state index >= 15 is 0 Å². The zero-order valence-corrected chi connectivity index (χ0v) is 23.9. The predicted molar refractivity (Wildman–Crippen MR) is 154 cm³/mol. The Morgan fingerprint density at radius 1 is 0.857 bits per heavy atom. The Labute approximate surface area is 224 Å². The van der Waals surface area contributed by atoms with Crippen LogP contribution in [0.1, 0.15) is 63.0 Å². The summed E-state index contributed by atoms with van der Waals surface area (Å²) in [4.78, 5) is 17.3. The number of nitrogens with one attached hydrogen (secondary N) is 1. The molecular formula is C28H36N2O2S3. The Morgan fingerprint density at radius 3 is 1.71 bits per heavy atom. The smallest absolute Gasteiger partial charge is 0.252 e. The monoisotopic (exact) mass is 528 g/mol. The number of amides is 1. The highest BCUT2D eigenvalue weighted by Crippen LogP contribution is 2.32. The van der Waals surface area contributed by atoms with E-state index in [1.807, 2.05) is 0 Å². The average molecular weight is 529 g/mol. The van der Waals surface area contributed by atoms with Gasteiger partial charge in [-0.2, -0.15) is 12.6 Å². The zero-order valence-electron chi connectivity index (χ0n) is 21.4. The summed E-state index contributed by atoms with van der Waals surface area (Å²) < 4.78 is 5.69. The van der Waals surface area contributed by atoms with Gasteiger partial charge in [-0.15, -0.1) is 0 Å². The number of pyridine rings is 1. The molecule has 0 spiro atoms. The van der Waals surface area contributed by atoms with Gasteiger partial charge in [0.15, 0.2) is 0 Å². The molecule has 1 aromatic heterocycles. The summed E-state index contributed by atoms with van der Waals surface area (Å²) in [7, 11) is 0. The molecule has 1 amide bonds. The van der Waals surface area contributed by atoms with Crippen molar-refractivity contribution in [1.29, 1.82) is 0 Å². The molecule has 0 atom stereocenters. The van der Waals surface area contributed by atoms with Crippen LogP contribution in [-0.2, 0) is 14.5 Å². The van der Waals surface area contributed by atoms with Crippen LogP contribution in [0.2, 0.25) is 0 Å². The molecule has 0 saturated heterocycles. The van der Waals surface area contributed by atoms with E-state index in [1.54, 1.807) is 18.3 Å². The summed E-state index contributed by atoms with van der Waals surface area (Å²) in [5.41, 5.74) is 3.64. The minimum Gasteiger partial charge on any atom is -0.351 e. The fourth-order valence-electron chi connectivity index (χ4n) is 2.89. The van der Waals surface area contributed by atoms with Gasteiger partial charge in [0.05, 0.1) is 5.56 Å². The second-order valence-electron chi connectivity index (χ2n) is 10.0. The second-order valence-corrected chi connectivity index (χ2v) is 12.3. The zero-order chi connectivity index (χ0) is 25.9. The third kappa shape index (κ3) is 10.7. The first-order valence-electron chi connectivity index (χ1n) is 11.5. The Morgan fingerprint density at radius 2 is 1.34 bits per heavy atom. The van der Waals surface area contributed by atoms with Crippen molar-refractivity contribution in [2.45, 2.75) is 62.2 Å². The van der Waals surface area contributed by atoms with E-state index < -0.39 is 0 Å². The number of nitrogens with zero attached hydrogens (tertiary/aromatic N) is 1. The maximum atomic E-state index is 11.2. The van der Waals surface area contributed by atoms with Gasteiger partial charge in [-0.25, -0.2) is 3.63 Å². The lowest BCUT2D eigenvalue weighted by molar-refractivity contribution is 0.0956. The number of hydrogen-bond acceptors (Lipinski definition) is 6. The molecular weight excluding hydrogens is 493 g/mol. The molecule has 0 fully saturated rings. The summed E-state index contributed by atoms with van der Waals surface area (Å²) in [6, 6.07) is 20.6. The largest absolute Gasteiger partial charge is 0.351 e. The molecule has 7 heteroatoms. The molecule has 0 bridgehead atoms. The number of aromatic nitrogens is 1. The van der Waals surface area contributed by atoms with Crippen molar-refractivity contribution in [3.63, 3.8) is 0 Å². The van der Waals surface area contributed by atoms with Crippen molar-refractivity contribution < 1.29 is 8.42 Å². The first-order chi connectivity index (χ1) is 16.5. The molecule has 0 aliphatic heterocycles. The number of rotatable bonds is 7. The van der Waals surface area contributed by atoms with E-state index in [2.05, 4.69) is 113 Å². The molecule has 0 unspecified atom stereocenters. The van der Waals surface area contributed by atoms with Gasteiger partial charge in [-0.1, -0.05) is 65.8 Å². The predicted octanol–water partition coefficient (Wildman–Crippen LogP) is 7.75. The highest BCUT2D eigenvalue weighted by atomic mass is 32.2. The quantitative estimate of drug-likeness (QED) is 0.242. The molecule has 4 nitrogen and oxygen atoms in total. The van der Waals surface area contributed by atoms with Crippen LogP contribution in [0.3, 0.4) is 0 Å². The maximum Gasteiger partial charge on any atom is 0.252 e. The van der Waals surface area contributed by atoms with E-state index in [0.29, 0.717) is 17.9 Å². The molecule has 3 rings (SSSR count). The highest BCUT2D eigenvalue weighted by Gasteiger charge is 2.14. The minimum atomic E-state index is -0.0999. The Hall–Kier alpha value is -1.93. The van der Waals surface area contributed by atoms with E-state index in [4.69, 9.17) is 3.63 Å². The summed E-state index contributed by atoms with van der Waals surface area (Å²) in [5.74, 6) is 0.545. The van der Waals surface area contributed by atoms with Crippen LogP contribution in [0.25, 0.3) is 0 Å². The summed E-state index contributed by atoms with van der Waals surface area (Å²) in [6.45, 7) is 13.9. The highest BCUT2D eigenvalue weighted by molar-refractivity contribution is 8.07. The van der Waals surface area contributed by atoms with Gasteiger partial charge >= 0.3 is 0 Å². The standard InChI is InChI=1S/C20H26OS2.C8H10N2OS/c1-19(2,3)15-7-11-17(12-8-15)22-21-23-18-13-9-16(10-14-18)20(4,5)6;11-8(10-4-5-12)7-2-1-3-9-6-7/h7-14H,1-6H3;1-3,6,12H,4-5H2,(H,10,11). The van der Waals surface area contributed by atoms with E-state index in [1.165, 1.54) is 41.4 Å². The number of carbonyl (C=O) groups excluding carboxylic acids is 1. The number of benzene rings is 2. The minimum absolute atomic E-state index is 0.0999. The molecule has 1 N–H and O–H groups in total. The van der Waals surface area contributed by atoms with E-state index in [-0.39, 0.29) is 16.7 Å². The summed E-state index contributed by atoms with van der Waals surface area (Å²) in [6.07, 6.45) is 3.17. The van der Waals surface area contributed by atoms with Crippen molar-refractivity contribution in [2.24, 2.45) is 0 Å². The van der Waals surface area contributed by atoms with E-state index in [9.17, 15) is 4.79 Å². The van der Waals surface area contributed by atoms with Gasteiger partial charge in [-0.05, 0) is 58.4 Å². The topological polar surface area (TPSA) is 51.2 Å². The molecule has 188 valence electrons. The lowest BCUT2D eigenvalue weighted by atomic mass is 9.87.